The van der Waals surface area contributed by atoms with Crippen LogP contribution in [0.5, 0.6) is 11.5 Å². The van der Waals surface area contributed by atoms with Crippen molar-refractivity contribution in [1.29, 1.82) is 0 Å². The molecule has 1 N–H and O–H groups in total. The van der Waals surface area contributed by atoms with E-state index in [4.69, 9.17) is 21.1 Å². The molecule has 7 heteroatoms. The summed E-state index contributed by atoms with van der Waals surface area (Å²) in [4.78, 5) is 11.2. The topological polar surface area (TPSA) is 59.5 Å². The van der Waals surface area contributed by atoms with Crippen molar-refractivity contribution in [3.63, 3.8) is 0 Å². The van der Waals surface area contributed by atoms with E-state index in [1.165, 1.54) is 19.3 Å². The third kappa shape index (κ3) is 3.64. The van der Waals surface area contributed by atoms with Gasteiger partial charge >= 0.3 is 0 Å². The number of methoxy groups -OCH3 is 2. The van der Waals surface area contributed by atoms with Crippen LogP contribution in [0.2, 0.25) is 5.02 Å². The minimum Gasteiger partial charge on any atom is -0.495 e. The number of ether oxygens (including phenoxy) is 2. The lowest BCUT2D eigenvalue weighted by Gasteiger charge is -2.27. The molecule has 0 atom stereocenters. The van der Waals surface area contributed by atoms with Crippen molar-refractivity contribution < 1.29 is 9.47 Å². The molecule has 3 rings (SSSR count). The lowest BCUT2D eigenvalue weighted by atomic mass is 10.1. The molecule has 1 fully saturated rings. The minimum atomic E-state index is 0.489. The van der Waals surface area contributed by atoms with Crippen molar-refractivity contribution >= 4 is 29.1 Å². The van der Waals surface area contributed by atoms with E-state index in [0.29, 0.717) is 28.2 Å². The molecule has 0 aliphatic carbocycles. The Bertz CT molecular complexity index is 705. The normalized spacial score (nSPS) is 14.4. The van der Waals surface area contributed by atoms with Gasteiger partial charge in [-0.25, -0.2) is 4.98 Å². The summed E-state index contributed by atoms with van der Waals surface area (Å²) in [5.41, 5.74) is 0.703. The number of anilines is 3. The van der Waals surface area contributed by atoms with Crippen molar-refractivity contribution in [2.45, 2.75) is 19.3 Å². The van der Waals surface area contributed by atoms with Crippen LogP contribution in [0.15, 0.2) is 24.4 Å². The number of halogens is 1. The van der Waals surface area contributed by atoms with Gasteiger partial charge in [0.05, 0.1) is 24.9 Å². The molecule has 0 spiro atoms. The van der Waals surface area contributed by atoms with E-state index in [1.807, 2.05) is 6.07 Å². The molecule has 2 aromatic rings. The molecular weight excluding hydrogens is 328 g/mol. The van der Waals surface area contributed by atoms with Crippen molar-refractivity contribution in [2.24, 2.45) is 0 Å². The third-order valence-electron chi connectivity index (χ3n) is 4.04. The molecule has 0 radical (unpaired) electrons. The predicted octanol–water partition coefficient (Wildman–Crippen LogP) is 3.88. The SMILES string of the molecule is COc1cc(Nc2nccc(N3CCCCC3)n2)c(OC)cc1Cl. The van der Waals surface area contributed by atoms with E-state index in [9.17, 15) is 0 Å². The van der Waals surface area contributed by atoms with Gasteiger partial charge in [0.2, 0.25) is 5.95 Å². The van der Waals surface area contributed by atoms with Crippen LogP contribution in [-0.4, -0.2) is 37.3 Å². The van der Waals surface area contributed by atoms with Crippen LogP contribution in [0.25, 0.3) is 0 Å². The van der Waals surface area contributed by atoms with E-state index in [1.54, 1.807) is 32.5 Å². The highest BCUT2D eigenvalue weighted by Crippen LogP contribution is 2.37. The molecule has 1 aliphatic rings. The summed E-state index contributed by atoms with van der Waals surface area (Å²) in [5.74, 6) is 2.62. The maximum absolute atomic E-state index is 6.14. The molecule has 0 unspecified atom stereocenters. The van der Waals surface area contributed by atoms with Gasteiger partial charge in [0.1, 0.15) is 17.3 Å². The average Bonchev–Trinajstić information content (AvgIpc) is 2.63. The largest absolute Gasteiger partial charge is 0.495 e. The van der Waals surface area contributed by atoms with Crippen LogP contribution in [-0.2, 0) is 0 Å². The molecule has 0 amide bonds. The van der Waals surface area contributed by atoms with Gasteiger partial charge in [-0.15, -0.1) is 0 Å². The Kier molecular flexibility index (Phi) is 5.25. The van der Waals surface area contributed by atoms with Gasteiger partial charge in [-0.1, -0.05) is 11.6 Å². The van der Waals surface area contributed by atoms with E-state index >= 15 is 0 Å². The van der Waals surface area contributed by atoms with Crippen LogP contribution < -0.4 is 19.7 Å². The second kappa shape index (κ2) is 7.57. The monoisotopic (exact) mass is 348 g/mol. The standard InChI is InChI=1S/C17H21ClN4O2/c1-23-14-11-13(15(24-2)10-12(14)18)20-17-19-7-6-16(21-17)22-8-4-3-5-9-22/h6-7,10-11H,3-5,8-9H2,1-2H3,(H,19,20,21). The highest BCUT2D eigenvalue weighted by Gasteiger charge is 2.14. The molecule has 0 saturated carbocycles. The minimum absolute atomic E-state index is 0.489. The van der Waals surface area contributed by atoms with Gasteiger partial charge in [-0.3, -0.25) is 0 Å². The molecule has 2 heterocycles. The first kappa shape index (κ1) is 16.6. The number of rotatable bonds is 5. The predicted molar refractivity (Wildman–Crippen MR) is 95.9 cm³/mol. The quantitative estimate of drug-likeness (QED) is 0.884. The molecule has 1 aromatic heterocycles. The molecule has 1 saturated heterocycles. The first-order valence-corrected chi connectivity index (χ1v) is 8.35. The third-order valence-corrected chi connectivity index (χ3v) is 4.34. The second-order valence-electron chi connectivity index (χ2n) is 5.60. The van der Waals surface area contributed by atoms with Crippen LogP contribution in [0, 0.1) is 0 Å². The van der Waals surface area contributed by atoms with Gasteiger partial charge in [0.15, 0.2) is 0 Å². The van der Waals surface area contributed by atoms with Gasteiger partial charge in [-0.05, 0) is 25.3 Å². The first-order chi connectivity index (χ1) is 11.7. The zero-order valence-electron chi connectivity index (χ0n) is 13.9. The molecule has 128 valence electrons. The fourth-order valence-corrected chi connectivity index (χ4v) is 3.02. The Hall–Kier alpha value is -2.21. The van der Waals surface area contributed by atoms with E-state index < -0.39 is 0 Å². The number of nitrogens with zero attached hydrogens (tertiary/aromatic N) is 3. The van der Waals surface area contributed by atoms with Gasteiger partial charge in [0, 0.05) is 31.4 Å². The van der Waals surface area contributed by atoms with Gasteiger partial charge in [0.25, 0.3) is 0 Å². The van der Waals surface area contributed by atoms with Crippen molar-refractivity contribution in [3.05, 3.63) is 29.4 Å². The maximum atomic E-state index is 6.14. The molecule has 0 bridgehead atoms. The van der Waals surface area contributed by atoms with Crippen LogP contribution >= 0.6 is 11.6 Å². The maximum Gasteiger partial charge on any atom is 0.229 e. The zero-order chi connectivity index (χ0) is 16.9. The van der Waals surface area contributed by atoms with Gasteiger partial charge in [-0.2, -0.15) is 4.98 Å². The first-order valence-electron chi connectivity index (χ1n) is 7.98. The Balaban J connectivity index is 1.85. The van der Waals surface area contributed by atoms with Crippen LogP contribution in [0.4, 0.5) is 17.5 Å². The molecule has 1 aromatic carbocycles. The Morgan fingerprint density at radius 2 is 1.83 bits per heavy atom. The van der Waals surface area contributed by atoms with Crippen LogP contribution in [0.1, 0.15) is 19.3 Å². The molecule has 1 aliphatic heterocycles. The summed E-state index contributed by atoms with van der Waals surface area (Å²) < 4.78 is 10.6. The van der Waals surface area contributed by atoms with Crippen LogP contribution in [0.3, 0.4) is 0 Å². The Morgan fingerprint density at radius 1 is 1.08 bits per heavy atom. The smallest absolute Gasteiger partial charge is 0.229 e. The number of benzene rings is 1. The van der Waals surface area contributed by atoms with Crippen molar-refractivity contribution in [3.8, 4) is 11.5 Å². The van der Waals surface area contributed by atoms with E-state index in [-0.39, 0.29) is 0 Å². The highest BCUT2D eigenvalue weighted by atomic mass is 35.5. The summed E-state index contributed by atoms with van der Waals surface area (Å²) >= 11 is 6.14. The lowest BCUT2D eigenvalue weighted by molar-refractivity contribution is 0.405. The number of hydrogen-bond donors (Lipinski definition) is 1. The van der Waals surface area contributed by atoms with Gasteiger partial charge < -0.3 is 19.7 Å². The number of aromatic nitrogens is 2. The second-order valence-corrected chi connectivity index (χ2v) is 6.01. The Labute approximate surface area is 146 Å². The van der Waals surface area contributed by atoms with E-state index in [2.05, 4.69) is 20.2 Å². The molecule has 6 nitrogen and oxygen atoms in total. The summed E-state index contributed by atoms with van der Waals surface area (Å²) in [5, 5.41) is 3.68. The summed E-state index contributed by atoms with van der Waals surface area (Å²) in [6.07, 6.45) is 5.46. The summed E-state index contributed by atoms with van der Waals surface area (Å²) in [7, 11) is 3.17. The van der Waals surface area contributed by atoms with Crippen molar-refractivity contribution in [1.82, 2.24) is 9.97 Å². The molecular formula is C17H21ClN4O2. The number of piperidine rings is 1. The fraction of sp³-hybridized carbons (Fsp3) is 0.412. The Morgan fingerprint density at radius 3 is 2.54 bits per heavy atom. The molecule has 24 heavy (non-hydrogen) atoms. The zero-order valence-corrected chi connectivity index (χ0v) is 14.6. The van der Waals surface area contributed by atoms with E-state index in [0.717, 1.165) is 18.9 Å². The summed E-state index contributed by atoms with van der Waals surface area (Å²) in [6.45, 7) is 2.07. The number of nitrogens with one attached hydrogen (secondary N) is 1. The highest BCUT2D eigenvalue weighted by molar-refractivity contribution is 6.32. The number of hydrogen-bond acceptors (Lipinski definition) is 6. The summed E-state index contributed by atoms with van der Waals surface area (Å²) in [6, 6.07) is 5.42. The fourth-order valence-electron chi connectivity index (χ4n) is 2.79. The lowest BCUT2D eigenvalue weighted by Crippen LogP contribution is -2.30. The van der Waals surface area contributed by atoms with Crippen molar-refractivity contribution in [2.75, 3.05) is 37.5 Å². The average molecular weight is 349 g/mol.